The van der Waals surface area contributed by atoms with Crippen LogP contribution in [0.1, 0.15) is 0 Å². The standard InChI is InChI=1S/C48H31NO/c1-3-14-33(15-4-1)43-30-35-17-9-10-20-40(35)48-47(43)44-31-38(25-28-46(44)50-48)49(37-18-5-2-6-19-37)45-27-26-39(41-21-11-12-22-42(41)45)36-24-23-32-13-7-8-16-34(32)29-36/h1-31H. The van der Waals surface area contributed by atoms with Crippen LogP contribution >= 0.6 is 0 Å². The molecule has 0 saturated heterocycles. The number of benzene rings is 9. The maximum Gasteiger partial charge on any atom is 0.143 e. The molecular weight excluding hydrogens is 607 g/mol. The SMILES string of the molecule is c1ccc(-c2cc3ccccc3c3oc4ccc(N(c5ccccc5)c5ccc(-c6ccc7ccccc7c6)c6ccccc56)cc4c23)cc1. The van der Waals surface area contributed by atoms with Gasteiger partial charge in [-0.15, -0.1) is 0 Å². The van der Waals surface area contributed by atoms with Gasteiger partial charge in [0, 0.05) is 32.9 Å². The van der Waals surface area contributed by atoms with Crippen LogP contribution in [0.15, 0.2) is 192 Å². The van der Waals surface area contributed by atoms with E-state index in [0.717, 1.165) is 44.4 Å². The Morgan fingerprint density at radius 3 is 1.86 bits per heavy atom. The van der Waals surface area contributed by atoms with Gasteiger partial charge >= 0.3 is 0 Å². The molecule has 2 nitrogen and oxygen atoms in total. The number of para-hydroxylation sites is 1. The summed E-state index contributed by atoms with van der Waals surface area (Å²) in [6.07, 6.45) is 0. The van der Waals surface area contributed by atoms with Gasteiger partial charge in [-0.05, 0) is 92.3 Å². The summed E-state index contributed by atoms with van der Waals surface area (Å²) in [5.41, 5.74) is 9.87. The maximum absolute atomic E-state index is 6.72. The molecule has 0 radical (unpaired) electrons. The molecule has 9 aromatic carbocycles. The summed E-state index contributed by atoms with van der Waals surface area (Å²) in [6, 6.07) is 67.4. The van der Waals surface area contributed by atoms with Crippen molar-refractivity contribution in [1.82, 2.24) is 0 Å². The Morgan fingerprint density at radius 1 is 0.360 bits per heavy atom. The molecule has 50 heavy (non-hydrogen) atoms. The first-order valence-electron chi connectivity index (χ1n) is 17.1. The number of nitrogens with zero attached hydrogens (tertiary/aromatic N) is 1. The first-order chi connectivity index (χ1) is 24.8. The van der Waals surface area contributed by atoms with E-state index >= 15 is 0 Å². The van der Waals surface area contributed by atoms with Gasteiger partial charge in [-0.2, -0.15) is 0 Å². The highest BCUT2D eigenvalue weighted by atomic mass is 16.3. The molecule has 0 aliphatic rings. The van der Waals surface area contributed by atoms with Gasteiger partial charge in [0.25, 0.3) is 0 Å². The predicted molar refractivity (Wildman–Crippen MR) is 212 cm³/mol. The Labute approximate surface area is 290 Å². The lowest BCUT2D eigenvalue weighted by molar-refractivity contribution is 0.673. The predicted octanol–water partition coefficient (Wildman–Crippen LogP) is 13.8. The van der Waals surface area contributed by atoms with Crippen LogP contribution in [0.25, 0.3) is 76.5 Å². The molecule has 0 aliphatic heterocycles. The first-order valence-corrected chi connectivity index (χ1v) is 17.1. The second-order valence-electron chi connectivity index (χ2n) is 12.9. The maximum atomic E-state index is 6.72. The van der Waals surface area contributed by atoms with E-state index in [1.807, 2.05) is 0 Å². The fourth-order valence-corrected chi connectivity index (χ4v) is 7.68. The molecule has 1 aromatic heterocycles. The van der Waals surface area contributed by atoms with Crippen molar-refractivity contribution >= 4 is 71.3 Å². The molecule has 0 unspecified atom stereocenters. The van der Waals surface area contributed by atoms with Crippen molar-refractivity contribution in [3.8, 4) is 22.3 Å². The fourth-order valence-electron chi connectivity index (χ4n) is 7.68. The third-order valence-electron chi connectivity index (χ3n) is 10.0. The van der Waals surface area contributed by atoms with Crippen molar-refractivity contribution in [2.24, 2.45) is 0 Å². The largest absolute Gasteiger partial charge is 0.455 e. The van der Waals surface area contributed by atoms with E-state index in [-0.39, 0.29) is 0 Å². The average molecular weight is 638 g/mol. The average Bonchev–Trinajstić information content (AvgIpc) is 3.58. The molecule has 10 aromatic rings. The van der Waals surface area contributed by atoms with Crippen LogP contribution in [0.2, 0.25) is 0 Å². The Morgan fingerprint density at radius 2 is 1.04 bits per heavy atom. The van der Waals surface area contributed by atoms with Gasteiger partial charge in [-0.25, -0.2) is 0 Å². The van der Waals surface area contributed by atoms with Gasteiger partial charge in [-0.1, -0.05) is 140 Å². The number of fused-ring (bicyclic) bond motifs is 7. The van der Waals surface area contributed by atoms with Crippen LogP contribution in [0.3, 0.4) is 0 Å². The van der Waals surface area contributed by atoms with Crippen molar-refractivity contribution < 1.29 is 4.42 Å². The highest BCUT2D eigenvalue weighted by Gasteiger charge is 2.21. The summed E-state index contributed by atoms with van der Waals surface area (Å²) in [7, 11) is 0. The minimum absolute atomic E-state index is 0.877. The number of furan rings is 1. The highest BCUT2D eigenvalue weighted by Crippen LogP contribution is 2.46. The van der Waals surface area contributed by atoms with E-state index < -0.39 is 0 Å². The highest BCUT2D eigenvalue weighted by molar-refractivity contribution is 6.22. The zero-order valence-corrected chi connectivity index (χ0v) is 27.3. The van der Waals surface area contributed by atoms with Crippen LogP contribution in [-0.4, -0.2) is 0 Å². The molecular formula is C48H31NO. The smallest absolute Gasteiger partial charge is 0.143 e. The van der Waals surface area contributed by atoms with Gasteiger partial charge in [0.05, 0.1) is 5.69 Å². The lowest BCUT2D eigenvalue weighted by Crippen LogP contribution is -2.10. The van der Waals surface area contributed by atoms with Crippen molar-refractivity contribution in [3.63, 3.8) is 0 Å². The van der Waals surface area contributed by atoms with E-state index in [4.69, 9.17) is 4.42 Å². The molecule has 10 rings (SSSR count). The third-order valence-corrected chi connectivity index (χ3v) is 10.0. The second kappa shape index (κ2) is 11.5. The van der Waals surface area contributed by atoms with Crippen LogP contribution in [0.5, 0.6) is 0 Å². The second-order valence-corrected chi connectivity index (χ2v) is 12.9. The quantitative estimate of drug-likeness (QED) is 0.187. The molecule has 0 aliphatic carbocycles. The summed E-state index contributed by atoms with van der Waals surface area (Å²) < 4.78 is 6.72. The van der Waals surface area contributed by atoms with Gasteiger partial charge in [0.1, 0.15) is 11.2 Å². The van der Waals surface area contributed by atoms with E-state index in [2.05, 4.69) is 193 Å². The number of hydrogen-bond acceptors (Lipinski definition) is 2. The Balaban J connectivity index is 1.22. The summed E-state index contributed by atoms with van der Waals surface area (Å²) in [6.45, 7) is 0. The summed E-state index contributed by atoms with van der Waals surface area (Å²) in [5, 5.41) is 9.42. The molecule has 0 atom stereocenters. The Hall–Kier alpha value is -6.64. The normalized spacial score (nSPS) is 11.6. The van der Waals surface area contributed by atoms with Crippen LogP contribution in [-0.2, 0) is 0 Å². The Bertz CT molecular complexity index is 2870. The zero-order valence-electron chi connectivity index (χ0n) is 27.3. The number of anilines is 3. The molecule has 1 heterocycles. The van der Waals surface area contributed by atoms with Crippen LogP contribution < -0.4 is 4.90 Å². The first kappa shape index (κ1) is 28.4. The molecule has 0 N–H and O–H groups in total. The summed E-state index contributed by atoms with van der Waals surface area (Å²) >= 11 is 0. The molecule has 0 spiro atoms. The zero-order chi connectivity index (χ0) is 33.0. The molecule has 0 fully saturated rings. The topological polar surface area (TPSA) is 16.4 Å². The van der Waals surface area contributed by atoms with Crippen molar-refractivity contribution in [3.05, 3.63) is 188 Å². The molecule has 234 valence electrons. The Kier molecular flexibility index (Phi) is 6.53. The lowest BCUT2D eigenvalue weighted by atomic mass is 9.94. The van der Waals surface area contributed by atoms with Crippen LogP contribution in [0.4, 0.5) is 17.1 Å². The monoisotopic (exact) mass is 637 g/mol. The van der Waals surface area contributed by atoms with E-state index in [1.54, 1.807) is 0 Å². The van der Waals surface area contributed by atoms with E-state index in [0.29, 0.717) is 0 Å². The number of rotatable bonds is 5. The molecule has 0 bridgehead atoms. The third kappa shape index (κ3) is 4.57. The number of hydrogen-bond donors (Lipinski definition) is 0. The van der Waals surface area contributed by atoms with Crippen molar-refractivity contribution in [2.45, 2.75) is 0 Å². The lowest BCUT2D eigenvalue weighted by Gasteiger charge is -2.27. The summed E-state index contributed by atoms with van der Waals surface area (Å²) in [4.78, 5) is 2.38. The van der Waals surface area contributed by atoms with Crippen molar-refractivity contribution in [1.29, 1.82) is 0 Å². The molecule has 0 saturated carbocycles. The van der Waals surface area contributed by atoms with E-state index in [9.17, 15) is 0 Å². The van der Waals surface area contributed by atoms with Gasteiger partial charge in [-0.3, -0.25) is 0 Å². The van der Waals surface area contributed by atoms with Gasteiger partial charge in [0.2, 0.25) is 0 Å². The summed E-state index contributed by atoms with van der Waals surface area (Å²) in [5.74, 6) is 0. The minimum atomic E-state index is 0.877. The van der Waals surface area contributed by atoms with Gasteiger partial charge < -0.3 is 9.32 Å². The molecule has 2 heteroatoms. The van der Waals surface area contributed by atoms with Crippen molar-refractivity contribution in [2.75, 3.05) is 4.90 Å². The van der Waals surface area contributed by atoms with Crippen LogP contribution in [0, 0.1) is 0 Å². The molecule has 0 amide bonds. The fraction of sp³-hybridized carbons (Fsp3) is 0. The van der Waals surface area contributed by atoms with Gasteiger partial charge in [0.15, 0.2) is 0 Å². The van der Waals surface area contributed by atoms with E-state index in [1.165, 1.54) is 49.2 Å². The minimum Gasteiger partial charge on any atom is -0.455 e.